The number of unbranched alkanes of at least 4 members (excludes halogenated alkanes) is 27. The summed E-state index contributed by atoms with van der Waals surface area (Å²) in [5, 5.41) is 0. The molecule has 0 unspecified atom stereocenters. The molecule has 6 heteroatoms. The summed E-state index contributed by atoms with van der Waals surface area (Å²) in [7, 11) is 0. The smallest absolute Gasteiger partial charge is 0.306 e. The molecule has 302 valence electrons. The standard InChI is InChI=1S/C45H86O6/c1-5-7-9-11-13-15-16-21-24-28-32-36-43(46)49-39-42(51-45(48)38-34-30-26-19-14-12-10-8-6-2)40-50-44(47)37-33-29-25-22-18-17-20-23-27-31-35-41(3)4/h41-42H,5-40H2,1-4H3/t42-/m1/s1. The molecule has 0 amide bonds. The molecule has 0 aromatic heterocycles. The second-order valence-corrected chi connectivity index (χ2v) is 15.8. The zero-order valence-electron chi connectivity index (χ0n) is 34.6. The Morgan fingerprint density at radius 1 is 0.373 bits per heavy atom. The maximum absolute atomic E-state index is 12.6. The average Bonchev–Trinajstić information content (AvgIpc) is 3.11. The molecule has 0 heterocycles. The van der Waals surface area contributed by atoms with E-state index < -0.39 is 6.10 Å². The first-order valence-corrected chi connectivity index (χ1v) is 22.4. The van der Waals surface area contributed by atoms with Crippen molar-refractivity contribution in [3.63, 3.8) is 0 Å². The summed E-state index contributed by atoms with van der Waals surface area (Å²) in [6.45, 7) is 8.96. The largest absolute Gasteiger partial charge is 0.462 e. The van der Waals surface area contributed by atoms with E-state index in [2.05, 4.69) is 27.7 Å². The topological polar surface area (TPSA) is 78.9 Å². The summed E-state index contributed by atoms with van der Waals surface area (Å²) in [5.41, 5.74) is 0. The minimum Gasteiger partial charge on any atom is -0.462 e. The number of carbonyl (C=O) groups is 3. The van der Waals surface area contributed by atoms with Gasteiger partial charge >= 0.3 is 17.9 Å². The molecule has 6 nitrogen and oxygen atoms in total. The Labute approximate surface area is 317 Å². The molecule has 0 radical (unpaired) electrons. The van der Waals surface area contributed by atoms with Gasteiger partial charge in [-0.25, -0.2) is 0 Å². The molecule has 0 bridgehead atoms. The number of rotatable bonds is 40. The number of carbonyl (C=O) groups excluding carboxylic acids is 3. The summed E-state index contributed by atoms with van der Waals surface area (Å²) in [5.74, 6) is -0.0399. The molecule has 0 spiro atoms. The van der Waals surface area contributed by atoms with E-state index in [9.17, 15) is 14.4 Å². The van der Waals surface area contributed by atoms with Gasteiger partial charge in [0.25, 0.3) is 0 Å². The Hall–Kier alpha value is -1.59. The first kappa shape index (κ1) is 49.4. The number of hydrogen-bond donors (Lipinski definition) is 0. The van der Waals surface area contributed by atoms with Gasteiger partial charge in [0.2, 0.25) is 0 Å². The minimum atomic E-state index is -0.758. The molecular weight excluding hydrogens is 636 g/mol. The van der Waals surface area contributed by atoms with Crippen LogP contribution in [0.25, 0.3) is 0 Å². The van der Waals surface area contributed by atoms with Gasteiger partial charge in [0, 0.05) is 19.3 Å². The fourth-order valence-corrected chi connectivity index (χ4v) is 6.63. The van der Waals surface area contributed by atoms with Crippen molar-refractivity contribution in [2.75, 3.05) is 13.2 Å². The normalized spacial score (nSPS) is 11.9. The van der Waals surface area contributed by atoms with Crippen LogP contribution in [0.15, 0.2) is 0 Å². The molecule has 0 saturated carbocycles. The van der Waals surface area contributed by atoms with Crippen molar-refractivity contribution < 1.29 is 28.6 Å². The predicted octanol–water partition coefficient (Wildman–Crippen LogP) is 13.9. The molecule has 0 saturated heterocycles. The van der Waals surface area contributed by atoms with Crippen LogP contribution in [0.1, 0.15) is 246 Å². The highest BCUT2D eigenvalue weighted by molar-refractivity contribution is 5.71. The number of esters is 3. The third-order valence-corrected chi connectivity index (χ3v) is 10.0. The summed E-state index contributed by atoms with van der Waals surface area (Å²) in [4.78, 5) is 37.6. The first-order chi connectivity index (χ1) is 24.9. The van der Waals surface area contributed by atoms with Gasteiger partial charge in [-0.3, -0.25) is 14.4 Å². The van der Waals surface area contributed by atoms with Crippen LogP contribution in [0, 0.1) is 5.92 Å². The summed E-state index contributed by atoms with van der Waals surface area (Å²) in [6, 6.07) is 0. The van der Waals surface area contributed by atoms with Crippen LogP contribution in [-0.2, 0) is 28.6 Å². The summed E-state index contributed by atoms with van der Waals surface area (Å²) < 4.78 is 16.7. The molecule has 0 aliphatic carbocycles. The highest BCUT2D eigenvalue weighted by Gasteiger charge is 2.19. The van der Waals surface area contributed by atoms with Gasteiger partial charge in [-0.1, -0.05) is 207 Å². The predicted molar refractivity (Wildman–Crippen MR) is 215 cm³/mol. The van der Waals surface area contributed by atoms with Gasteiger partial charge in [0.1, 0.15) is 13.2 Å². The molecule has 51 heavy (non-hydrogen) atoms. The third kappa shape index (κ3) is 39.5. The molecule has 0 N–H and O–H groups in total. The van der Waals surface area contributed by atoms with Gasteiger partial charge in [-0.15, -0.1) is 0 Å². The maximum atomic E-state index is 12.6. The zero-order chi connectivity index (χ0) is 37.5. The monoisotopic (exact) mass is 723 g/mol. The highest BCUT2D eigenvalue weighted by atomic mass is 16.6. The van der Waals surface area contributed by atoms with E-state index in [1.54, 1.807) is 0 Å². The molecule has 1 atom stereocenters. The van der Waals surface area contributed by atoms with E-state index >= 15 is 0 Å². The van der Waals surface area contributed by atoms with Gasteiger partial charge < -0.3 is 14.2 Å². The van der Waals surface area contributed by atoms with Crippen molar-refractivity contribution in [2.24, 2.45) is 5.92 Å². The maximum Gasteiger partial charge on any atom is 0.306 e. The van der Waals surface area contributed by atoms with Crippen LogP contribution < -0.4 is 0 Å². The lowest BCUT2D eigenvalue weighted by Gasteiger charge is -2.18. The number of hydrogen-bond acceptors (Lipinski definition) is 6. The van der Waals surface area contributed by atoms with Crippen LogP contribution >= 0.6 is 0 Å². The quantitative estimate of drug-likeness (QED) is 0.0356. The number of ether oxygens (including phenoxy) is 3. The lowest BCUT2D eigenvalue weighted by molar-refractivity contribution is -0.167. The Morgan fingerprint density at radius 2 is 0.647 bits per heavy atom. The van der Waals surface area contributed by atoms with Crippen LogP contribution in [0.2, 0.25) is 0 Å². The Bertz CT molecular complexity index is 766. The Kier molecular flexibility index (Phi) is 38.4. The fourth-order valence-electron chi connectivity index (χ4n) is 6.63. The molecule has 0 rings (SSSR count). The van der Waals surface area contributed by atoms with Crippen LogP contribution in [0.4, 0.5) is 0 Å². The van der Waals surface area contributed by atoms with E-state index in [0.717, 1.165) is 63.7 Å². The van der Waals surface area contributed by atoms with Crippen molar-refractivity contribution in [2.45, 2.75) is 252 Å². The van der Waals surface area contributed by atoms with E-state index in [0.29, 0.717) is 19.3 Å². The molecule has 0 aliphatic heterocycles. The van der Waals surface area contributed by atoms with E-state index in [1.165, 1.54) is 141 Å². The lowest BCUT2D eigenvalue weighted by atomic mass is 10.0. The Morgan fingerprint density at radius 3 is 0.961 bits per heavy atom. The van der Waals surface area contributed by atoms with Crippen LogP contribution in [0.5, 0.6) is 0 Å². The second kappa shape index (κ2) is 39.6. The molecule has 0 aliphatic rings. The zero-order valence-corrected chi connectivity index (χ0v) is 34.6. The molecule has 0 fully saturated rings. The van der Waals surface area contributed by atoms with Gasteiger partial charge in [0.05, 0.1) is 0 Å². The average molecular weight is 723 g/mol. The van der Waals surface area contributed by atoms with Crippen molar-refractivity contribution in [1.29, 1.82) is 0 Å². The second-order valence-electron chi connectivity index (χ2n) is 15.8. The first-order valence-electron chi connectivity index (χ1n) is 22.4. The molecule has 0 aromatic carbocycles. The van der Waals surface area contributed by atoms with Gasteiger partial charge in [0.15, 0.2) is 6.10 Å². The van der Waals surface area contributed by atoms with Crippen LogP contribution in [-0.4, -0.2) is 37.2 Å². The third-order valence-electron chi connectivity index (χ3n) is 10.0. The fraction of sp³-hybridized carbons (Fsp3) is 0.933. The molecule has 0 aromatic rings. The molecular formula is C45H86O6. The van der Waals surface area contributed by atoms with Crippen molar-refractivity contribution in [3.05, 3.63) is 0 Å². The highest BCUT2D eigenvalue weighted by Crippen LogP contribution is 2.16. The van der Waals surface area contributed by atoms with Crippen molar-refractivity contribution in [1.82, 2.24) is 0 Å². The lowest BCUT2D eigenvalue weighted by Crippen LogP contribution is -2.30. The van der Waals surface area contributed by atoms with Gasteiger partial charge in [-0.05, 0) is 25.2 Å². The van der Waals surface area contributed by atoms with E-state index in [4.69, 9.17) is 14.2 Å². The summed E-state index contributed by atoms with van der Waals surface area (Å²) >= 11 is 0. The minimum absolute atomic E-state index is 0.0641. The Balaban J connectivity index is 4.30. The van der Waals surface area contributed by atoms with E-state index in [-0.39, 0.29) is 31.1 Å². The van der Waals surface area contributed by atoms with Gasteiger partial charge in [-0.2, -0.15) is 0 Å². The van der Waals surface area contributed by atoms with Crippen molar-refractivity contribution >= 4 is 17.9 Å². The van der Waals surface area contributed by atoms with E-state index in [1.807, 2.05) is 0 Å². The summed E-state index contributed by atoms with van der Waals surface area (Å²) in [6.07, 6.45) is 38.0. The van der Waals surface area contributed by atoms with Crippen LogP contribution in [0.3, 0.4) is 0 Å². The SMILES string of the molecule is CCCCCCCCCCCCCC(=O)OC[C@H](COC(=O)CCCCCCCCCCCCC(C)C)OC(=O)CCCCCCCCCCC. The van der Waals surface area contributed by atoms with Crippen molar-refractivity contribution in [3.8, 4) is 0 Å².